The Morgan fingerprint density at radius 2 is 1.73 bits per heavy atom. The van der Waals surface area contributed by atoms with Crippen molar-refractivity contribution in [1.29, 1.82) is 0 Å². The van der Waals surface area contributed by atoms with E-state index in [0.717, 1.165) is 10.6 Å². The monoisotopic (exact) mass is 403 g/mol. The molecule has 0 radical (unpaired) electrons. The lowest BCUT2D eigenvalue weighted by Crippen LogP contribution is -2.42. The Balaban J connectivity index is 2.01. The summed E-state index contributed by atoms with van der Waals surface area (Å²) >= 11 is 0. The Morgan fingerprint density at radius 1 is 1.15 bits per heavy atom. The van der Waals surface area contributed by atoms with E-state index in [1.807, 2.05) is 0 Å². The molecule has 8 nitrogen and oxygen atoms in total. The molecule has 0 saturated carbocycles. The van der Waals surface area contributed by atoms with E-state index in [4.69, 9.17) is 0 Å². The predicted octanol–water partition coefficient (Wildman–Crippen LogP) is 0.225. The summed E-state index contributed by atoms with van der Waals surface area (Å²) in [5.74, 6) is -0.458. The average molecular weight is 404 g/mol. The lowest BCUT2D eigenvalue weighted by Gasteiger charge is -2.29. The van der Waals surface area contributed by atoms with Crippen LogP contribution in [-0.4, -0.2) is 64.8 Å². The summed E-state index contributed by atoms with van der Waals surface area (Å²) in [6.07, 6.45) is 2.07. The van der Waals surface area contributed by atoms with E-state index >= 15 is 0 Å². The Labute approximate surface area is 155 Å². The summed E-state index contributed by atoms with van der Waals surface area (Å²) in [5.41, 5.74) is 0.517. The van der Waals surface area contributed by atoms with Crippen molar-refractivity contribution in [2.75, 3.05) is 33.4 Å². The molecule has 1 aliphatic heterocycles. The van der Waals surface area contributed by atoms with Crippen LogP contribution in [0.1, 0.15) is 18.4 Å². The van der Waals surface area contributed by atoms with Gasteiger partial charge in [0.2, 0.25) is 26.0 Å². The van der Waals surface area contributed by atoms with Gasteiger partial charge in [-0.25, -0.2) is 25.4 Å². The van der Waals surface area contributed by atoms with E-state index in [-0.39, 0.29) is 23.3 Å². The van der Waals surface area contributed by atoms with Crippen molar-refractivity contribution in [3.05, 3.63) is 29.8 Å². The molecule has 0 aromatic heterocycles. The van der Waals surface area contributed by atoms with E-state index in [1.165, 1.54) is 24.5 Å². The highest BCUT2D eigenvalue weighted by molar-refractivity contribution is 7.89. The molecule has 1 saturated heterocycles. The predicted molar refractivity (Wildman–Crippen MR) is 98.3 cm³/mol. The molecule has 2 rings (SSSR count). The second-order valence-corrected chi connectivity index (χ2v) is 10.7. The van der Waals surface area contributed by atoms with E-state index in [9.17, 15) is 21.6 Å². The van der Waals surface area contributed by atoms with Crippen LogP contribution >= 0.6 is 0 Å². The summed E-state index contributed by atoms with van der Waals surface area (Å²) in [4.78, 5) is 12.5. The number of benzene rings is 1. The lowest BCUT2D eigenvalue weighted by molar-refractivity contribution is -0.126. The van der Waals surface area contributed by atoms with Crippen molar-refractivity contribution < 1.29 is 21.6 Å². The number of piperidine rings is 1. The number of hydrogen-bond donors (Lipinski definition) is 1. The fourth-order valence-electron chi connectivity index (χ4n) is 2.87. The Morgan fingerprint density at radius 3 is 2.27 bits per heavy atom. The summed E-state index contributed by atoms with van der Waals surface area (Å²) in [5, 5.41) is 2.78. The fraction of sp³-hybridized carbons (Fsp3) is 0.562. The highest BCUT2D eigenvalue weighted by Gasteiger charge is 2.29. The summed E-state index contributed by atoms with van der Waals surface area (Å²) < 4.78 is 50.3. The zero-order chi connectivity index (χ0) is 19.5. The highest BCUT2D eigenvalue weighted by Crippen LogP contribution is 2.21. The van der Waals surface area contributed by atoms with Gasteiger partial charge in [0.25, 0.3) is 0 Å². The summed E-state index contributed by atoms with van der Waals surface area (Å²) in [6.45, 7) is 0.749. The summed E-state index contributed by atoms with van der Waals surface area (Å²) in [6, 6.07) is 6.55. The number of amides is 1. The third-order valence-corrected chi connectivity index (χ3v) is 7.70. The van der Waals surface area contributed by atoms with Crippen LogP contribution in [-0.2, 0) is 31.4 Å². The molecule has 1 aliphatic rings. The summed E-state index contributed by atoms with van der Waals surface area (Å²) in [7, 11) is -3.91. The van der Waals surface area contributed by atoms with Gasteiger partial charge < -0.3 is 5.32 Å². The van der Waals surface area contributed by atoms with Crippen LogP contribution in [0.5, 0.6) is 0 Å². The maximum absolute atomic E-state index is 12.4. The molecule has 1 aromatic carbocycles. The Hall–Kier alpha value is -1.49. The van der Waals surface area contributed by atoms with Crippen molar-refractivity contribution in [3.8, 4) is 0 Å². The zero-order valence-electron chi connectivity index (χ0n) is 15.2. The highest BCUT2D eigenvalue weighted by atomic mass is 32.2. The second-order valence-electron chi connectivity index (χ2n) is 6.55. The first-order valence-electron chi connectivity index (χ1n) is 8.26. The first-order valence-corrected chi connectivity index (χ1v) is 11.6. The molecule has 0 bridgehead atoms. The molecule has 10 heteroatoms. The number of rotatable bonds is 6. The number of sulfonamides is 2. The minimum atomic E-state index is -3.60. The van der Waals surface area contributed by atoms with Crippen LogP contribution in [0.2, 0.25) is 0 Å². The number of hydrogen-bond acceptors (Lipinski definition) is 5. The van der Waals surface area contributed by atoms with Gasteiger partial charge in [0.1, 0.15) is 0 Å². The molecule has 1 heterocycles. The molecule has 0 aliphatic carbocycles. The van der Waals surface area contributed by atoms with E-state index in [0.29, 0.717) is 31.5 Å². The van der Waals surface area contributed by atoms with Gasteiger partial charge in [0, 0.05) is 39.6 Å². The second kappa shape index (κ2) is 8.03. The van der Waals surface area contributed by atoms with E-state index < -0.39 is 20.0 Å². The Bertz CT molecular complexity index is 858. The normalized spacial score (nSPS) is 17.4. The van der Waals surface area contributed by atoms with Crippen molar-refractivity contribution >= 4 is 26.0 Å². The van der Waals surface area contributed by atoms with Gasteiger partial charge in [-0.2, -0.15) is 0 Å². The van der Waals surface area contributed by atoms with Crippen molar-refractivity contribution in [1.82, 2.24) is 13.9 Å². The van der Waals surface area contributed by atoms with Gasteiger partial charge in [-0.1, -0.05) is 18.2 Å². The first-order chi connectivity index (χ1) is 12.0. The zero-order valence-corrected chi connectivity index (χ0v) is 16.8. The molecule has 26 heavy (non-hydrogen) atoms. The molecule has 0 atom stereocenters. The van der Waals surface area contributed by atoms with Crippen LogP contribution in [0.3, 0.4) is 0 Å². The molecule has 1 amide bonds. The largest absolute Gasteiger partial charge is 0.352 e. The SMILES string of the molecule is CN(C)S(=O)(=O)c1ccccc1CNC(=O)C1CCN(S(C)(=O)=O)CC1. The van der Waals surface area contributed by atoms with Gasteiger partial charge in [-0.15, -0.1) is 0 Å². The standard InChI is InChI=1S/C16H25N3O5S2/c1-18(2)26(23,24)15-7-5-4-6-14(15)12-17-16(20)13-8-10-19(11-9-13)25(3,21)22/h4-7,13H,8-12H2,1-3H3,(H,17,20). The van der Waals surface area contributed by atoms with Gasteiger partial charge in [-0.3, -0.25) is 4.79 Å². The van der Waals surface area contributed by atoms with Crippen molar-refractivity contribution in [2.24, 2.45) is 5.92 Å². The number of nitrogens with one attached hydrogen (secondary N) is 1. The van der Waals surface area contributed by atoms with Crippen LogP contribution < -0.4 is 5.32 Å². The smallest absolute Gasteiger partial charge is 0.242 e. The van der Waals surface area contributed by atoms with E-state index in [2.05, 4.69) is 5.32 Å². The molecule has 0 unspecified atom stereocenters. The third kappa shape index (κ3) is 4.81. The van der Waals surface area contributed by atoms with Crippen LogP contribution in [0, 0.1) is 5.92 Å². The van der Waals surface area contributed by atoms with Gasteiger partial charge in [0.15, 0.2) is 0 Å². The number of carbonyl (C=O) groups is 1. The van der Waals surface area contributed by atoms with Gasteiger partial charge in [0.05, 0.1) is 11.2 Å². The van der Waals surface area contributed by atoms with Crippen LogP contribution in [0.4, 0.5) is 0 Å². The van der Waals surface area contributed by atoms with E-state index in [1.54, 1.807) is 18.2 Å². The minimum absolute atomic E-state index is 0.106. The third-order valence-electron chi connectivity index (χ3n) is 4.48. The van der Waals surface area contributed by atoms with Crippen molar-refractivity contribution in [3.63, 3.8) is 0 Å². The number of carbonyl (C=O) groups excluding carboxylic acids is 1. The minimum Gasteiger partial charge on any atom is -0.352 e. The van der Waals surface area contributed by atoms with Gasteiger partial charge in [-0.05, 0) is 24.5 Å². The van der Waals surface area contributed by atoms with Crippen LogP contribution in [0.15, 0.2) is 29.2 Å². The lowest BCUT2D eigenvalue weighted by atomic mass is 9.97. The maximum atomic E-state index is 12.4. The quantitative estimate of drug-likeness (QED) is 0.732. The molecule has 1 aromatic rings. The van der Waals surface area contributed by atoms with Crippen molar-refractivity contribution in [2.45, 2.75) is 24.3 Å². The molecule has 1 N–H and O–H groups in total. The van der Waals surface area contributed by atoms with Crippen LogP contribution in [0.25, 0.3) is 0 Å². The molecule has 0 spiro atoms. The molecule has 146 valence electrons. The van der Waals surface area contributed by atoms with Gasteiger partial charge >= 0.3 is 0 Å². The molecule has 1 fully saturated rings. The topological polar surface area (TPSA) is 104 Å². The fourth-order valence-corrected chi connectivity index (χ4v) is 4.86. The average Bonchev–Trinajstić information content (AvgIpc) is 2.59. The number of nitrogens with zero attached hydrogens (tertiary/aromatic N) is 2. The first kappa shape index (κ1) is 20.8. The molecular formula is C16H25N3O5S2. The maximum Gasteiger partial charge on any atom is 0.242 e. The Kier molecular flexibility index (Phi) is 6.43. The molecular weight excluding hydrogens is 378 g/mol.